The molecule has 1 aliphatic rings. The standard InChI is InChI=1S/C8H10BrN.C7H13NO2.3CH4.Y/c1-6(2)7-4-3-5-8(9)10-7;1-6(2)8-4-3-5-10-7(8)9;;;;/h3-6H,1-2H3;6H,3-5H2,1-2H3;3*1H4;. The Morgan fingerprint density at radius 2 is 1.75 bits per heavy atom. The number of pyridine rings is 1. The van der Waals surface area contributed by atoms with Crippen molar-refractivity contribution in [2.45, 2.75) is 68.4 Å². The van der Waals surface area contributed by atoms with Gasteiger partial charge >= 0.3 is 6.09 Å². The van der Waals surface area contributed by atoms with Crippen LogP contribution >= 0.6 is 15.9 Å². The molecule has 2 rings (SSSR count). The van der Waals surface area contributed by atoms with E-state index in [4.69, 9.17) is 4.74 Å². The number of halogens is 1. The summed E-state index contributed by atoms with van der Waals surface area (Å²) >= 11 is 3.32. The smallest absolute Gasteiger partial charge is 0.409 e. The quantitative estimate of drug-likeness (QED) is 0.480. The minimum atomic E-state index is -0.166. The van der Waals surface area contributed by atoms with Crippen LogP contribution in [-0.4, -0.2) is 35.2 Å². The number of carbonyl (C=O) groups excluding carboxylic acids is 1. The van der Waals surface area contributed by atoms with Gasteiger partial charge in [-0.15, -0.1) is 0 Å². The van der Waals surface area contributed by atoms with Crippen molar-refractivity contribution in [1.29, 1.82) is 0 Å². The number of nitrogens with zero attached hydrogens (tertiary/aromatic N) is 2. The minimum absolute atomic E-state index is 0. The van der Waals surface area contributed by atoms with E-state index >= 15 is 0 Å². The molecule has 1 amide bonds. The molecule has 1 aromatic rings. The Kier molecular flexibility index (Phi) is 21.8. The molecule has 139 valence electrons. The molecule has 0 aromatic carbocycles. The van der Waals surface area contributed by atoms with Gasteiger partial charge in [-0.3, -0.25) is 0 Å². The van der Waals surface area contributed by atoms with Crippen molar-refractivity contribution in [3.8, 4) is 0 Å². The SMILES string of the molecule is C.C.C.CC(C)N1CCCOC1=O.CC(C)c1cccc(Br)n1.[Y]. The van der Waals surface area contributed by atoms with Crippen LogP contribution < -0.4 is 0 Å². The zero-order valence-corrected chi connectivity index (χ0v) is 17.6. The van der Waals surface area contributed by atoms with Crippen LogP contribution in [0, 0.1) is 0 Å². The molecule has 0 bridgehead atoms. The molecule has 1 aromatic heterocycles. The molecule has 0 unspecified atom stereocenters. The van der Waals surface area contributed by atoms with Gasteiger partial charge in [0, 0.05) is 51.0 Å². The van der Waals surface area contributed by atoms with Crippen molar-refractivity contribution in [2.24, 2.45) is 0 Å². The number of cyclic esters (lactones) is 1. The molecule has 24 heavy (non-hydrogen) atoms. The molecule has 2 heterocycles. The van der Waals surface area contributed by atoms with Gasteiger partial charge in [-0.1, -0.05) is 42.2 Å². The monoisotopic (exact) mass is 479 g/mol. The second-order valence-corrected chi connectivity index (χ2v) is 6.11. The second-order valence-electron chi connectivity index (χ2n) is 5.29. The molecule has 0 N–H and O–H groups in total. The number of hydrogen-bond donors (Lipinski definition) is 0. The van der Waals surface area contributed by atoms with E-state index in [1.165, 1.54) is 0 Å². The zero-order valence-electron chi connectivity index (χ0n) is 13.2. The predicted molar refractivity (Wildman–Crippen MR) is 104 cm³/mol. The average molecular weight is 480 g/mol. The number of aromatic nitrogens is 1. The first-order valence-corrected chi connectivity index (χ1v) is 7.77. The van der Waals surface area contributed by atoms with Crippen LogP contribution in [0.15, 0.2) is 22.8 Å². The summed E-state index contributed by atoms with van der Waals surface area (Å²) in [5.74, 6) is 0.512. The van der Waals surface area contributed by atoms with Gasteiger partial charge in [-0.05, 0) is 54.2 Å². The third-order valence-electron chi connectivity index (χ3n) is 2.95. The Labute approximate surface area is 183 Å². The molecule has 1 saturated heterocycles. The third kappa shape index (κ3) is 11.5. The van der Waals surface area contributed by atoms with Crippen LogP contribution in [0.2, 0.25) is 0 Å². The first kappa shape index (κ1) is 31.7. The van der Waals surface area contributed by atoms with Crippen molar-refractivity contribution in [2.75, 3.05) is 13.2 Å². The Bertz CT molecular complexity index is 443. The Hall–Kier alpha value is 0.00390. The van der Waals surface area contributed by atoms with E-state index in [-0.39, 0.29) is 67.1 Å². The van der Waals surface area contributed by atoms with Crippen molar-refractivity contribution < 1.29 is 42.2 Å². The van der Waals surface area contributed by atoms with E-state index in [2.05, 4.69) is 34.8 Å². The van der Waals surface area contributed by atoms with Gasteiger partial charge in [0.2, 0.25) is 0 Å². The van der Waals surface area contributed by atoms with E-state index in [1.54, 1.807) is 4.90 Å². The Morgan fingerprint density at radius 3 is 2.08 bits per heavy atom. The summed E-state index contributed by atoms with van der Waals surface area (Å²) in [4.78, 5) is 17.0. The van der Waals surface area contributed by atoms with Gasteiger partial charge in [0.05, 0.1) is 6.61 Å². The van der Waals surface area contributed by atoms with Crippen molar-refractivity contribution in [3.63, 3.8) is 0 Å². The van der Waals surface area contributed by atoms with Crippen LogP contribution in [0.3, 0.4) is 0 Å². The predicted octanol–water partition coefficient (Wildman–Crippen LogP) is 6.11. The number of carbonyl (C=O) groups is 1. The number of ether oxygens (including phenoxy) is 1. The Morgan fingerprint density at radius 1 is 1.17 bits per heavy atom. The summed E-state index contributed by atoms with van der Waals surface area (Å²) in [6, 6.07) is 6.25. The summed E-state index contributed by atoms with van der Waals surface area (Å²) in [6.45, 7) is 9.68. The molecule has 1 aliphatic heterocycles. The van der Waals surface area contributed by atoms with Crippen LogP contribution in [0.5, 0.6) is 0 Å². The first-order chi connectivity index (χ1) is 9.41. The molecule has 0 saturated carbocycles. The Balaban J connectivity index is -0.000000143. The summed E-state index contributed by atoms with van der Waals surface area (Å²) < 4.78 is 5.75. The molecule has 0 spiro atoms. The molecule has 6 heteroatoms. The maximum Gasteiger partial charge on any atom is 0.409 e. The second kappa shape index (κ2) is 16.5. The summed E-state index contributed by atoms with van der Waals surface area (Å²) in [5, 5.41) is 0. The fourth-order valence-corrected chi connectivity index (χ4v) is 2.14. The van der Waals surface area contributed by atoms with Gasteiger partial charge in [-0.2, -0.15) is 0 Å². The third-order valence-corrected chi connectivity index (χ3v) is 3.40. The molecule has 1 radical (unpaired) electrons. The van der Waals surface area contributed by atoms with Gasteiger partial charge in [0.15, 0.2) is 0 Å². The van der Waals surface area contributed by atoms with Gasteiger partial charge in [0.1, 0.15) is 4.60 Å². The number of rotatable bonds is 2. The fraction of sp³-hybridized carbons (Fsp3) is 0.667. The first-order valence-electron chi connectivity index (χ1n) is 6.97. The topological polar surface area (TPSA) is 42.4 Å². The average Bonchev–Trinajstić information content (AvgIpc) is 2.39. The normalized spacial score (nSPS) is 12.5. The van der Waals surface area contributed by atoms with Gasteiger partial charge < -0.3 is 9.64 Å². The largest absolute Gasteiger partial charge is 0.449 e. The molecule has 0 aliphatic carbocycles. The van der Waals surface area contributed by atoms with Crippen LogP contribution in [0.25, 0.3) is 0 Å². The number of hydrogen-bond acceptors (Lipinski definition) is 3. The van der Waals surface area contributed by atoms with E-state index in [1.807, 2.05) is 32.0 Å². The minimum Gasteiger partial charge on any atom is -0.449 e. The van der Waals surface area contributed by atoms with E-state index in [0.29, 0.717) is 12.5 Å². The van der Waals surface area contributed by atoms with Crippen molar-refractivity contribution in [3.05, 3.63) is 28.5 Å². The number of amides is 1. The van der Waals surface area contributed by atoms with Crippen molar-refractivity contribution in [1.82, 2.24) is 9.88 Å². The van der Waals surface area contributed by atoms with E-state index in [0.717, 1.165) is 23.3 Å². The van der Waals surface area contributed by atoms with Crippen LogP contribution in [0.4, 0.5) is 4.79 Å². The maximum atomic E-state index is 10.9. The summed E-state index contributed by atoms with van der Waals surface area (Å²) in [6.07, 6.45) is 0.797. The summed E-state index contributed by atoms with van der Waals surface area (Å²) in [5.41, 5.74) is 1.13. The van der Waals surface area contributed by atoms with Crippen LogP contribution in [0.1, 0.15) is 68.0 Å². The van der Waals surface area contributed by atoms with E-state index < -0.39 is 0 Å². The molecule has 0 atom stereocenters. The fourth-order valence-electron chi connectivity index (χ4n) is 1.78. The molecular weight excluding hydrogens is 445 g/mol. The van der Waals surface area contributed by atoms with E-state index in [9.17, 15) is 4.79 Å². The van der Waals surface area contributed by atoms with Crippen LogP contribution in [-0.2, 0) is 37.4 Å². The van der Waals surface area contributed by atoms with Gasteiger partial charge in [-0.25, -0.2) is 9.78 Å². The molecular formula is C18H35BrN2O2Y. The maximum absolute atomic E-state index is 10.9. The van der Waals surface area contributed by atoms with Gasteiger partial charge in [0.25, 0.3) is 0 Å². The molecule has 1 fully saturated rings. The van der Waals surface area contributed by atoms with Crippen molar-refractivity contribution >= 4 is 22.0 Å². The zero-order chi connectivity index (χ0) is 15.1. The summed E-state index contributed by atoms with van der Waals surface area (Å²) in [7, 11) is 0. The molecule has 4 nitrogen and oxygen atoms in total.